The second-order valence-corrected chi connectivity index (χ2v) is 4.90. The van der Waals surface area contributed by atoms with Crippen molar-refractivity contribution >= 4 is 5.97 Å². The zero-order valence-electron chi connectivity index (χ0n) is 11.6. The van der Waals surface area contributed by atoms with Gasteiger partial charge in [-0.1, -0.05) is 31.2 Å². The molecule has 1 aromatic carbocycles. The predicted molar refractivity (Wildman–Crippen MR) is 73.9 cm³/mol. The second kappa shape index (κ2) is 5.91. The molecule has 3 atom stereocenters. The van der Waals surface area contributed by atoms with Crippen LogP contribution in [-0.4, -0.2) is 13.1 Å². The number of carbonyl (C=O) groups is 1. The number of cyclic esters (lactones) is 1. The lowest BCUT2D eigenvalue weighted by Gasteiger charge is -2.16. The maximum atomic E-state index is 11.9. The summed E-state index contributed by atoms with van der Waals surface area (Å²) in [6.07, 6.45) is 4.61. The molecule has 1 aliphatic heterocycles. The molecule has 3 nitrogen and oxygen atoms in total. The van der Waals surface area contributed by atoms with E-state index < -0.39 is 0 Å². The maximum absolute atomic E-state index is 11.9. The fourth-order valence-corrected chi connectivity index (χ4v) is 2.50. The minimum absolute atomic E-state index is 0.0386. The van der Waals surface area contributed by atoms with Gasteiger partial charge >= 0.3 is 5.97 Å². The Labute approximate surface area is 114 Å². The van der Waals surface area contributed by atoms with Crippen molar-refractivity contribution in [1.82, 2.24) is 0 Å². The molecule has 0 saturated carbocycles. The van der Waals surface area contributed by atoms with Crippen LogP contribution < -0.4 is 4.74 Å². The van der Waals surface area contributed by atoms with Crippen molar-refractivity contribution in [3.05, 3.63) is 42.0 Å². The summed E-state index contributed by atoms with van der Waals surface area (Å²) < 4.78 is 10.7. The van der Waals surface area contributed by atoms with E-state index in [9.17, 15) is 4.79 Å². The number of hydrogen-bond acceptors (Lipinski definition) is 3. The van der Waals surface area contributed by atoms with Crippen LogP contribution in [0.2, 0.25) is 0 Å². The Hall–Kier alpha value is -1.77. The summed E-state index contributed by atoms with van der Waals surface area (Å²) in [6.45, 7) is 4.04. The van der Waals surface area contributed by atoms with Gasteiger partial charge in [-0.15, -0.1) is 0 Å². The lowest BCUT2D eigenvalue weighted by atomic mass is 9.86. The van der Waals surface area contributed by atoms with Crippen molar-refractivity contribution in [2.45, 2.75) is 26.4 Å². The summed E-state index contributed by atoms with van der Waals surface area (Å²) in [7, 11) is 1.64. The molecule has 1 aliphatic rings. The minimum atomic E-state index is -0.145. The number of allylic oxidation sites excluding steroid dienone is 2. The zero-order chi connectivity index (χ0) is 13.8. The van der Waals surface area contributed by atoms with Gasteiger partial charge in [0.15, 0.2) is 0 Å². The highest BCUT2D eigenvalue weighted by Gasteiger charge is 2.41. The molecule has 0 radical (unpaired) electrons. The molecular weight excluding hydrogens is 240 g/mol. The number of rotatable bonds is 4. The molecular formula is C16H20O3. The predicted octanol–water partition coefficient (Wildman–Crippen LogP) is 3.51. The first-order valence-electron chi connectivity index (χ1n) is 6.63. The lowest BCUT2D eigenvalue weighted by molar-refractivity contribution is -0.144. The summed E-state index contributed by atoms with van der Waals surface area (Å²) in [4.78, 5) is 11.9. The van der Waals surface area contributed by atoms with Crippen LogP contribution in [0.15, 0.2) is 36.4 Å². The molecule has 1 heterocycles. The fourth-order valence-electron chi connectivity index (χ4n) is 2.50. The monoisotopic (exact) mass is 260 g/mol. The van der Waals surface area contributed by atoms with Gasteiger partial charge in [-0.3, -0.25) is 4.79 Å². The summed E-state index contributed by atoms with van der Waals surface area (Å²) in [6, 6.07) is 7.72. The summed E-state index contributed by atoms with van der Waals surface area (Å²) in [5.74, 6) is 0.873. The van der Waals surface area contributed by atoms with Crippen LogP contribution in [0.3, 0.4) is 0 Å². The van der Waals surface area contributed by atoms with E-state index in [-0.39, 0.29) is 23.9 Å². The molecule has 1 saturated heterocycles. The second-order valence-electron chi connectivity index (χ2n) is 4.90. The number of esters is 1. The van der Waals surface area contributed by atoms with Gasteiger partial charge in [0.05, 0.1) is 13.0 Å². The highest BCUT2D eigenvalue weighted by molar-refractivity contribution is 5.75. The van der Waals surface area contributed by atoms with E-state index in [1.165, 1.54) is 0 Å². The van der Waals surface area contributed by atoms with Crippen LogP contribution in [0.5, 0.6) is 5.75 Å². The van der Waals surface area contributed by atoms with Gasteiger partial charge in [0.25, 0.3) is 0 Å². The minimum Gasteiger partial charge on any atom is -0.497 e. The Morgan fingerprint density at radius 1 is 1.32 bits per heavy atom. The first-order valence-corrected chi connectivity index (χ1v) is 6.63. The lowest BCUT2D eigenvalue weighted by Crippen LogP contribution is -2.13. The number of ether oxygens (including phenoxy) is 2. The number of carbonyl (C=O) groups excluding carboxylic acids is 1. The Bertz CT molecular complexity index is 461. The Morgan fingerprint density at radius 2 is 2.00 bits per heavy atom. The van der Waals surface area contributed by atoms with Gasteiger partial charge in [-0.05, 0) is 31.0 Å². The van der Waals surface area contributed by atoms with Crippen molar-refractivity contribution < 1.29 is 14.3 Å². The molecule has 3 heteroatoms. The van der Waals surface area contributed by atoms with Gasteiger partial charge in [0, 0.05) is 5.92 Å². The van der Waals surface area contributed by atoms with Crippen molar-refractivity contribution in [1.29, 1.82) is 0 Å². The first kappa shape index (κ1) is 13.7. The molecule has 3 unspecified atom stereocenters. The summed E-state index contributed by atoms with van der Waals surface area (Å²) >= 11 is 0. The van der Waals surface area contributed by atoms with Gasteiger partial charge in [0.2, 0.25) is 0 Å². The third-order valence-corrected chi connectivity index (χ3v) is 3.73. The van der Waals surface area contributed by atoms with E-state index in [0.717, 1.165) is 17.7 Å². The van der Waals surface area contributed by atoms with E-state index in [4.69, 9.17) is 9.47 Å². The first-order chi connectivity index (χ1) is 9.17. The van der Waals surface area contributed by atoms with Crippen LogP contribution in [0.4, 0.5) is 0 Å². The van der Waals surface area contributed by atoms with E-state index in [2.05, 4.69) is 6.92 Å². The van der Waals surface area contributed by atoms with Gasteiger partial charge in [-0.25, -0.2) is 0 Å². The average molecular weight is 260 g/mol. The smallest absolute Gasteiger partial charge is 0.310 e. The fraction of sp³-hybridized carbons (Fsp3) is 0.438. The highest BCUT2D eigenvalue weighted by Crippen LogP contribution is 2.40. The van der Waals surface area contributed by atoms with E-state index in [1.54, 1.807) is 7.11 Å². The third-order valence-electron chi connectivity index (χ3n) is 3.73. The summed E-state index contributed by atoms with van der Waals surface area (Å²) in [5.41, 5.74) is 1.03. The third kappa shape index (κ3) is 2.80. The largest absolute Gasteiger partial charge is 0.497 e. The molecule has 1 fully saturated rings. The Morgan fingerprint density at radius 3 is 2.58 bits per heavy atom. The van der Waals surface area contributed by atoms with Crippen LogP contribution in [-0.2, 0) is 9.53 Å². The SMILES string of the molecule is CC=CCC1C(=O)OC(c2ccc(OC)cc2)C1C. The normalized spacial score (nSPS) is 26.7. The van der Waals surface area contributed by atoms with E-state index in [0.29, 0.717) is 0 Å². The van der Waals surface area contributed by atoms with Gasteiger partial charge < -0.3 is 9.47 Å². The highest BCUT2D eigenvalue weighted by atomic mass is 16.6. The molecule has 0 amide bonds. The quantitative estimate of drug-likeness (QED) is 0.614. The van der Waals surface area contributed by atoms with Gasteiger partial charge in [-0.2, -0.15) is 0 Å². The van der Waals surface area contributed by atoms with E-state index >= 15 is 0 Å². The summed E-state index contributed by atoms with van der Waals surface area (Å²) in [5, 5.41) is 0. The number of hydrogen-bond donors (Lipinski definition) is 0. The molecule has 0 bridgehead atoms. The Balaban J connectivity index is 2.14. The number of methoxy groups -OCH3 is 1. The van der Waals surface area contributed by atoms with Crippen molar-refractivity contribution in [3.8, 4) is 5.75 Å². The van der Waals surface area contributed by atoms with Crippen molar-refractivity contribution in [3.63, 3.8) is 0 Å². The zero-order valence-corrected chi connectivity index (χ0v) is 11.6. The van der Waals surface area contributed by atoms with Crippen LogP contribution in [0.25, 0.3) is 0 Å². The maximum Gasteiger partial charge on any atom is 0.310 e. The molecule has 0 aromatic heterocycles. The molecule has 19 heavy (non-hydrogen) atoms. The van der Waals surface area contributed by atoms with Crippen molar-refractivity contribution in [2.24, 2.45) is 11.8 Å². The van der Waals surface area contributed by atoms with E-state index in [1.807, 2.05) is 43.3 Å². The van der Waals surface area contributed by atoms with Crippen LogP contribution in [0.1, 0.15) is 31.9 Å². The molecule has 0 aliphatic carbocycles. The average Bonchev–Trinajstić information content (AvgIpc) is 2.72. The van der Waals surface area contributed by atoms with Gasteiger partial charge in [0.1, 0.15) is 11.9 Å². The molecule has 2 rings (SSSR count). The molecule has 0 spiro atoms. The molecule has 0 N–H and O–H groups in total. The van der Waals surface area contributed by atoms with Crippen LogP contribution in [0, 0.1) is 11.8 Å². The Kier molecular flexibility index (Phi) is 4.25. The topological polar surface area (TPSA) is 35.5 Å². The number of benzene rings is 1. The van der Waals surface area contributed by atoms with Crippen LogP contribution >= 0.6 is 0 Å². The molecule has 1 aromatic rings. The van der Waals surface area contributed by atoms with Crippen molar-refractivity contribution in [2.75, 3.05) is 7.11 Å². The molecule has 102 valence electrons. The standard InChI is InChI=1S/C16H20O3/c1-4-5-6-14-11(2)15(19-16(14)17)12-7-9-13(18-3)10-8-12/h4-5,7-11,14-15H,6H2,1-3H3.